The Labute approximate surface area is 166 Å². The van der Waals surface area contributed by atoms with E-state index in [0.29, 0.717) is 13.0 Å². The Kier molecular flexibility index (Phi) is 7.32. The molecule has 0 N–H and O–H groups in total. The summed E-state index contributed by atoms with van der Waals surface area (Å²) in [5, 5.41) is 0. The molecule has 152 valence electrons. The summed E-state index contributed by atoms with van der Waals surface area (Å²) < 4.78 is 39.2. The van der Waals surface area contributed by atoms with Gasteiger partial charge in [0.2, 0.25) is 15.9 Å². The lowest BCUT2D eigenvalue weighted by Gasteiger charge is -2.24. The van der Waals surface area contributed by atoms with Crippen molar-refractivity contribution >= 4 is 21.6 Å². The van der Waals surface area contributed by atoms with Gasteiger partial charge in [0, 0.05) is 32.2 Å². The van der Waals surface area contributed by atoms with Crippen molar-refractivity contribution in [3.8, 4) is 0 Å². The van der Waals surface area contributed by atoms with Crippen molar-refractivity contribution < 1.29 is 17.6 Å². The van der Waals surface area contributed by atoms with Crippen LogP contribution in [-0.4, -0.2) is 38.8 Å². The molecule has 0 heterocycles. The first kappa shape index (κ1) is 22.0. The lowest BCUT2D eigenvalue weighted by atomic mass is 10.1. The third kappa shape index (κ3) is 5.17. The number of aryl methyl sites for hydroxylation is 2. The van der Waals surface area contributed by atoms with E-state index in [9.17, 15) is 17.6 Å². The van der Waals surface area contributed by atoms with Gasteiger partial charge in [0.25, 0.3) is 0 Å². The highest BCUT2D eigenvalue weighted by Gasteiger charge is 2.21. The number of amides is 1. The summed E-state index contributed by atoms with van der Waals surface area (Å²) in [7, 11) is -2.24. The summed E-state index contributed by atoms with van der Waals surface area (Å²) >= 11 is 0. The molecule has 0 aliphatic rings. The topological polar surface area (TPSA) is 57.7 Å². The van der Waals surface area contributed by atoms with Crippen molar-refractivity contribution in [3.05, 3.63) is 59.4 Å². The number of hydrogen-bond donors (Lipinski definition) is 0. The van der Waals surface area contributed by atoms with E-state index in [1.807, 2.05) is 39.0 Å². The lowest BCUT2D eigenvalue weighted by molar-refractivity contribution is -0.118. The molecule has 0 spiro atoms. The second kappa shape index (κ2) is 9.30. The average molecular weight is 407 g/mol. The van der Waals surface area contributed by atoms with Gasteiger partial charge in [-0.3, -0.25) is 4.79 Å². The van der Waals surface area contributed by atoms with E-state index >= 15 is 0 Å². The van der Waals surface area contributed by atoms with Gasteiger partial charge in [-0.2, -0.15) is 0 Å². The van der Waals surface area contributed by atoms with E-state index < -0.39 is 15.8 Å². The highest BCUT2D eigenvalue weighted by Crippen LogP contribution is 2.22. The number of benzene rings is 2. The first-order valence-corrected chi connectivity index (χ1v) is 10.7. The molecule has 0 aromatic heterocycles. The van der Waals surface area contributed by atoms with E-state index in [1.165, 1.54) is 23.5 Å². The molecular weight excluding hydrogens is 379 g/mol. The number of hydrogen-bond acceptors (Lipinski definition) is 3. The number of nitrogens with zero attached hydrogens (tertiary/aromatic N) is 2. The van der Waals surface area contributed by atoms with Gasteiger partial charge in [-0.25, -0.2) is 17.1 Å². The predicted octanol–water partition coefficient (Wildman–Crippen LogP) is 3.90. The highest BCUT2D eigenvalue weighted by atomic mass is 32.2. The smallest absolute Gasteiger partial charge is 0.242 e. The van der Waals surface area contributed by atoms with Crippen LogP contribution in [0.1, 0.15) is 30.9 Å². The molecule has 2 aromatic rings. The summed E-state index contributed by atoms with van der Waals surface area (Å²) in [5.41, 5.74) is 3.05. The fourth-order valence-electron chi connectivity index (χ4n) is 3.08. The summed E-state index contributed by atoms with van der Waals surface area (Å²) in [5.74, 6) is -0.528. The maximum absolute atomic E-state index is 13.0. The van der Waals surface area contributed by atoms with Gasteiger partial charge >= 0.3 is 0 Å². The Morgan fingerprint density at radius 3 is 2.29 bits per heavy atom. The zero-order valence-electron chi connectivity index (χ0n) is 16.8. The maximum atomic E-state index is 13.0. The Balaban J connectivity index is 1.99. The van der Waals surface area contributed by atoms with Crippen molar-refractivity contribution in [3.63, 3.8) is 0 Å². The summed E-state index contributed by atoms with van der Waals surface area (Å²) in [6.45, 7) is 6.65. The van der Waals surface area contributed by atoms with Crippen LogP contribution in [0.5, 0.6) is 0 Å². The molecule has 0 aliphatic carbocycles. The third-order valence-corrected chi connectivity index (χ3v) is 6.52. The molecule has 5 nitrogen and oxygen atoms in total. The molecule has 7 heteroatoms. The monoisotopic (exact) mass is 406 g/mol. The first-order valence-electron chi connectivity index (χ1n) is 9.26. The molecule has 0 unspecified atom stereocenters. The molecule has 0 atom stereocenters. The van der Waals surface area contributed by atoms with Crippen LogP contribution < -0.4 is 4.90 Å². The van der Waals surface area contributed by atoms with Gasteiger partial charge in [0.15, 0.2) is 0 Å². The first-order chi connectivity index (χ1) is 13.2. The number of carbonyl (C=O) groups is 1. The Hall–Kier alpha value is -2.25. The Morgan fingerprint density at radius 1 is 1.07 bits per heavy atom. The molecule has 0 aliphatic heterocycles. The quantitative estimate of drug-likeness (QED) is 0.668. The minimum Gasteiger partial charge on any atom is -0.312 e. The van der Waals surface area contributed by atoms with Crippen molar-refractivity contribution in [1.82, 2.24) is 4.31 Å². The number of halogens is 1. The second-order valence-electron chi connectivity index (χ2n) is 6.81. The van der Waals surface area contributed by atoms with Gasteiger partial charge in [-0.05, 0) is 63.1 Å². The van der Waals surface area contributed by atoms with Crippen LogP contribution in [0, 0.1) is 19.7 Å². The number of rotatable bonds is 8. The molecule has 28 heavy (non-hydrogen) atoms. The molecule has 0 fully saturated rings. The van der Waals surface area contributed by atoms with Gasteiger partial charge in [-0.1, -0.05) is 17.7 Å². The normalized spacial score (nSPS) is 11.6. The Morgan fingerprint density at radius 2 is 1.71 bits per heavy atom. The highest BCUT2D eigenvalue weighted by molar-refractivity contribution is 7.89. The summed E-state index contributed by atoms with van der Waals surface area (Å²) in [4.78, 5) is 14.4. The molecular formula is C21H27FN2O3S. The van der Waals surface area contributed by atoms with Crippen LogP contribution in [0.2, 0.25) is 0 Å². The van der Waals surface area contributed by atoms with Gasteiger partial charge < -0.3 is 4.90 Å². The molecule has 2 aromatic carbocycles. The van der Waals surface area contributed by atoms with Crippen LogP contribution in [0.3, 0.4) is 0 Å². The van der Waals surface area contributed by atoms with Crippen molar-refractivity contribution in [2.75, 3.05) is 25.0 Å². The third-order valence-electron chi connectivity index (χ3n) is 4.65. The minimum atomic E-state index is -3.70. The van der Waals surface area contributed by atoms with E-state index in [-0.39, 0.29) is 23.8 Å². The number of sulfonamides is 1. The SMILES string of the molecule is CCN(C(=O)CCCN(C)S(=O)(=O)c1ccc(F)cc1)c1ccc(C)cc1C. The average Bonchev–Trinajstić information content (AvgIpc) is 2.64. The Bertz CT molecular complexity index is 927. The van der Waals surface area contributed by atoms with Gasteiger partial charge in [-0.15, -0.1) is 0 Å². The minimum absolute atomic E-state index is 0.0354. The standard InChI is InChI=1S/C21H27FN2O3S/c1-5-24(20-13-8-16(2)15-17(20)3)21(25)7-6-14-23(4)28(26,27)19-11-9-18(22)10-12-19/h8-13,15H,5-7,14H2,1-4H3. The molecule has 0 saturated carbocycles. The van der Waals surface area contributed by atoms with Gasteiger partial charge in [0.05, 0.1) is 4.90 Å². The largest absolute Gasteiger partial charge is 0.312 e. The van der Waals surface area contributed by atoms with Crippen LogP contribution in [0.15, 0.2) is 47.4 Å². The fraction of sp³-hybridized carbons (Fsp3) is 0.381. The molecule has 0 bridgehead atoms. The van der Waals surface area contributed by atoms with Crippen LogP contribution >= 0.6 is 0 Å². The lowest BCUT2D eigenvalue weighted by Crippen LogP contribution is -2.33. The molecule has 2 rings (SSSR count). The predicted molar refractivity (Wildman–Crippen MR) is 109 cm³/mol. The summed E-state index contributed by atoms with van der Waals surface area (Å²) in [6.07, 6.45) is 0.640. The van der Waals surface area contributed by atoms with E-state index in [0.717, 1.165) is 28.9 Å². The van der Waals surface area contributed by atoms with Crippen LogP contribution in [0.4, 0.5) is 10.1 Å². The van der Waals surface area contributed by atoms with E-state index in [1.54, 1.807) is 4.90 Å². The zero-order chi connectivity index (χ0) is 20.9. The number of carbonyl (C=O) groups excluding carboxylic acids is 1. The zero-order valence-corrected chi connectivity index (χ0v) is 17.6. The van der Waals surface area contributed by atoms with Crippen molar-refractivity contribution in [2.24, 2.45) is 0 Å². The number of anilines is 1. The second-order valence-corrected chi connectivity index (χ2v) is 8.86. The molecule has 1 amide bonds. The molecule has 0 saturated heterocycles. The van der Waals surface area contributed by atoms with Gasteiger partial charge in [0.1, 0.15) is 5.82 Å². The maximum Gasteiger partial charge on any atom is 0.242 e. The fourth-order valence-corrected chi connectivity index (χ4v) is 4.29. The van der Waals surface area contributed by atoms with Crippen LogP contribution in [0.25, 0.3) is 0 Å². The van der Waals surface area contributed by atoms with E-state index in [2.05, 4.69) is 0 Å². The molecule has 0 radical (unpaired) electrons. The van der Waals surface area contributed by atoms with E-state index in [4.69, 9.17) is 0 Å². The van der Waals surface area contributed by atoms with Crippen molar-refractivity contribution in [1.29, 1.82) is 0 Å². The summed E-state index contributed by atoms with van der Waals surface area (Å²) in [6, 6.07) is 10.7. The van der Waals surface area contributed by atoms with Crippen molar-refractivity contribution in [2.45, 2.75) is 38.5 Å². The van der Waals surface area contributed by atoms with Crippen LogP contribution in [-0.2, 0) is 14.8 Å².